The highest BCUT2D eigenvalue weighted by Gasteiger charge is 2.29. The molecular formula is C10H14N2O4S. The van der Waals surface area contributed by atoms with Crippen molar-refractivity contribution < 1.29 is 18.6 Å². The molecule has 1 heterocycles. The molecule has 1 aliphatic rings. The number of aliphatic hydroxyl groups excluding tert-OH is 2. The van der Waals surface area contributed by atoms with E-state index in [2.05, 4.69) is 0 Å². The Morgan fingerprint density at radius 1 is 1.12 bits per heavy atom. The average Bonchev–Trinajstić information content (AvgIpc) is 2.58. The van der Waals surface area contributed by atoms with Gasteiger partial charge in [-0.25, -0.2) is 13.6 Å². The van der Waals surface area contributed by atoms with Gasteiger partial charge in [0.15, 0.2) is 0 Å². The van der Waals surface area contributed by atoms with Crippen LogP contribution in [0.5, 0.6) is 0 Å². The number of nitrogens with zero attached hydrogens (tertiary/aromatic N) is 1. The molecule has 1 aromatic rings. The first kappa shape index (κ1) is 12.3. The number of nitrogens with two attached hydrogens (primary N) is 1. The molecule has 0 bridgehead atoms. The second-order valence-corrected chi connectivity index (χ2v) is 5.64. The third-order valence-electron chi connectivity index (χ3n) is 2.79. The summed E-state index contributed by atoms with van der Waals surface area (Å²) >= 11 is 0. The molecule has 1 aromatic carbocycles. The summed E-state index contributed by atoms with van der Waals surface area (Å²) in [7, 11) is -3.68. The number of sulfonamides is 1. The summed E-state index contributed by atoms with van der Waals surface area (Å²) in [4.78, 5) is 1.82. The van der Waals surface area contributed by atoms with E-state index in [4.69, 9.17) is 5.14 Å². The number of benzene rings is 1. The minimum atomic E-state index is -3.68. The molecule has 0 saturated carbocycles. The maximum atomic E-state index is 11.1. The van der Waals surface area contributed by atoms with E-state index in [0.717, 1.165) is 5.69 Å². The van der Waals surface area contributed by atoms with Crippen LogP contribution in [-0.2, 0) is 10.0 Å². The Kier molecular flexibility index (Phi) is 3.09. The van der Waals surface area contributed by atoms with Crippen LogP contribution in [0.3, 0.4) is 0 Å². The second-order valence-electron chi connectivity index (χ2n) is 4.08. The maximum Gasteiger partial charge on any atom is 0.238 e. The third kappa shape index (κ3) is 2.58. The topological polar surface area (TPSA) is 104 Å². The molecule has 2 rings (SSSR count). The molecular weight excluding hydrogens is 244 g/mol. The summed E-state index contributed by atoms with van der Waals surface area (Å²) in [6.45, 7) is 0.659. The van der Waals surface area contributed by atoms with Crippen LogP contribution in [0.25, 0.3) is 0 Å². The summed E-state index contributed by atoms with van der Waals surface area (Å²) in [5, 5.41) is 23.8. The van der Waals surface area contributed by atoms with E-state index in [-0.39, 0.29) is 4.90 Å². The maximum absolute atomic E-state index is 11.1. The van der Waals surface area contributed by atoms with E-state index in [1.165, 1.54) is 12.1 Å². The number of β-amino-alcohol motifs (C(OH)–C–C–N with tert-alkyl or cyclic N) is 2. The lowest BCUT2D eigenvalue weighted by atomic mass is 10.3. The van der Waals surface area contributed by atoms with Gasteiger partial charge >= 0.3 is 0 Å². The Morgan fingerprint density at radius 2 is 1.59 bits per heavy atom. The van der Waals surface area contributed by atoms with E-state index in [1.54, 1.807) is 17.0 Å². The Morgan fingerprint density at radius 3 is 2.00 bits per heavy atom. The van der Waals surface area contributed by atoms with E-state index in [9.17, 15) is 18.6 Å². The van der Waals surface area contributed by atoms with Gasteiger partial charge in [0.25, 0.3) is 0 Å². The van der Waals surface area contributed by atoms with Gasteiger partial charge < -0.3 is 15.1 Å². The van der Waals surface area contributed by atoms with Gasteiger partial charge in [-0.2, -0.15) is 0 Å². The fourth-order valence-corrected chi connectivity index (χ4v) is 2.34. The number of primary sulfonamides is 1. The molecule has 6 nitrogen and oxygen atoms in total. The van der Waals surface area contributed by atoms with Crippen LogP contribution in [0.15, 0.2) is 29.2 Å². The van der Waals surface area contributed by atoms with E-state index in [1.807, 2.05) is 0 Å². The highest BCUT2D eigenvalue weighted by molar-refractivity contribution is 7.89. The number of rotatable bonds is 2. The predicted octanol–water partition coefficient (Wildman–Crippen LogP) is -1.12. The quantitative estimate of drug-likeness (QED) is 0.623. The first-order valence-corrected chi connectivity index (χ1v) is 6.66. The normalized spacial score (nSPS) is 25.2. The van der Waals surface area contributed by atoms with E-state index >= 15 is 0 Å². The van der Waals surface area contributed by atoms with Crippen molar-refractivity contribution in [2.45, 2.75) is 17.1 Å². The SMILES string of the molecule is NS(=O)(=O)c1ccc(N2CC(O)C(O)C2)cc1. The summed E-state index contributed by atoms with van der Waals surface area (Å²) < 4.78 is 22.1. The zero-order valence-corrected chi connectivity index (χ0v) is 9.84. The van der Waals surface area contributed by atoms with Gasteiger partial charge in [-0.1, -0.05) is 0 Å². The van der Waals surface area contributed by atoms with E-state index < -0.39 is 22.2 Å². The molecule has 1 fully saturated rings. The molecule has 0 aliphatic carbocycles. The Labute approximate surface area is 99.3 Å². The van der Waals surface area contributed by atoms with Crippen LogP contribution < -0.4 is 10.0 Å². The number of anilines is 1. The summed E-state index contributed by atoms with van der Waals surface area (Å²) in [5.41, 5.74) is 0.744. The first-order valence-electron chi connectivity index (χ1n) is 5.12. The van der Waals surface area contributed by atoms with Crippen LogP contribution in [0, 0.1) is 0 Å². The van der Waals surface area contributed by atoms with Gasteiger partial charge in [0.1, 0.15) is 0 Å². The van der Waals surface area contributed by atoms with Gasteiger partial charge in [0.2, 0.25) is 10.0 Å². The first-order chi connectivity index (χ1) is 7.88. The van der Waals surface area contributed by atoms with Crippen molar-refractivity contribution in [1.82, 2.24) is 0 Å². The van der Waals surface area contributed by atoms with Crippen molar-refractivity contribution >= 4 is 15.7 Å². The molecule has 94 valence electrons. The molecule has 2 unspecified atom stereocenters. The van der Waals surface area contributed by atoms with Crippen molar-refractivity contribution in [3.05, 3.63) is 24.3 Å². The van der Waals surface area contributed by atoms with Gasteiger partial charge in [-0.3, -0.25) is 0 Å². The van der Waals surface area contributed by atoms with Crippen molar-refractivity contribution in [3.63, 3.8) is 0 Å². The monoisotopic (exact) mass is 258 g/mol. The molecule has 17 heavy (non-hydrogen) atoms. The van der Waals surface area contributed by atoms with Crippen LogP contribution in [0.4, 0.5) is 5.69 Å². The van der Waals surface area contributed by atoms with Crippen molar-refractivity contribution in [2.75, 3.05) is 18.0 Å². The van der Waals surface area contributed by atoms with E-state index in [0.29, 0.717) is 13.1 Å². The van der Waals surface area contributed by atoms with Gasteiger partial charge in [-0.15, -0.1) is 0 Å². The molecule has 1 aliphatic heterocycles. The molecule has 0 amide bonds. The molecule has 4 N–H and O–H groups in total. The lowest BCUT2D eigenvalue weighted by molar-refractivity contribution is 0.0572. The summed E-state index contributed by atoms with van der Waals surface area (Å²) in [6, 6.07) is 6.01. The number of hydrogen-bond donors (Lipinski definition) is 3. The summed E-state index contributed by atoms with van der Waals surface area (Å²) in [6.07, 6.45) is -1.54. The van der Waals surface area contributed by atoms with Crippen molar-refractivity contribution in [1.29, 1.82) is 0 Å². The fraction of sp³-hybridized carbons (Fsp3) is 0.400. The molecule has 0 aromatic heterocycles. The van der Waals surface area contributed by atoms with Gasteiger partial charge in [0.05, 0.1) is 17.1 Å². The van der Waals surface area contributed by atoms with Gasteiger partial charge in [0, 0.05) is 18.8 Å². The number of aliphatic hydroxyl groups is 2. The van der Waals surface area contributed by atoms with Crippen LogP contribution in [0.2, 0.25) is 0 Å². The Bertz CT molecular complexity index is 490. The zero-order valence-electron chi connectivity index (χ0n) is 9.02. The molecule has 7 heteroatoms. The van der Waals surface area contributed by atoms with Crippen molar-refractivity contribution in [2.24, 2.45) is 5.14 Å². The summed E-state index contributed by atoms with van der Waals surface area (Å²) in [5.74, 6) is 0. The average molecular weight is 258 g/mol. The zero-order chi connectivity index (χ0) is 12.6. The third-order valence-corrected chi connectivity index (χ3v) is 3.72. The highest BCUT2D eigenvalue weighted by Crippen LogP contribution is 2.22. The molecule has 1 saturated heterocycles. The van der Waals surface area contributed by atoms with Crippen LogP contribution >= 0.6 is 0 Å². The smallest absolute Gasteiger partial charge is 0.238 e. The minimum Gasteiger partial charge on any atom is -0.389 e. The van der Waals surface area contributed by atoms with Gasteiger partial charge in [-0.05, 0) is 24.3 Å². The predicted molar refractivity (Wildman–Crippen MR) is 62.0 cm³/mol. The largest absolute Gasteiger partial charge is 0.389 e. The Balaban J connectivity index is 2.20. The lowest BCUT2D eigenvalue weighted by Crippen LogP contribution is -2.22. The fourth-order valence-electron chi connectivity index (χ4n) is 1.83. The molecule has 0 spiro atoms. The van der Waals surface area contributed by atoms with Crippen LogP contribution in [0.1, 0.15) is 0 Å². The highest BCUT2D eigenvalue weighted by atomic mass is 32.2. The molecule has 0 radical (unpaired) electrons. The standard InChI is InChI=1S/C10H14N2O4S/c11-17(15,16)8-3-1-7(2-4-8)12-5-9(13)10(14)6-12/h1-4,9-10,13-14H,5-6H2,(H2,11,15,16). The van der Waals surface area contributed by atoms with Crippen molar-refractivity contribution in [3.8, 4) is 0 Å². The molecule has 2 atom stereocenters. The second kappa shape index (κ2) is 4.26. The minimum absolute atomic E-state index is 0.0431. The number of hydrogen-bond acceptors (Lipinski definition) is 5. The lowest BCUT2D eigenvalue weighted by Gasteiger charge is -2.17. The van der Waals surface area contributed by atoms with Crippen LogP contribution in [-0.4, -0.2) is 43.9 Å². The Hall–Kier alpha value is -1.15.